The van der Waals surface area contributed by atoms with Gasteiger partial charge in [-0.25, -0.2) is 4.98 Å². The Labute approximate surface area is 151 Å². The highest BCUT2D eigenvalue weighted by Crippen LogP contribution is 2.22. The van der Waals surface area contributed by atoms with Crippen LogP contribution in [0.25, 0.3) is 0 Å². The van der Waals surface area contributed by atoms with E-state index in [1.807, 2.05) is 0 Å². The van der Waals surface area contributed by atoms with Crippen molar-refractivity contribution in [2.45, 2.75) is 32.6 Å². The van der Waals surface area contributed by atoms with Crippen LogP contribution >= 0.6 is 11.3 Å². The van der Waals surface area contributed by atoms with Crippen molar-refractivity contribution in [2.75, 3.05) is 36.5 Å². The molecule has 134 valence electrons. The zero-order chi connectivity index (χ0) is 17.5. The van der Waals surface area contributed by atoms with Gasteiger partial charge in [-0.15, -0.1) is 10.2 Å². The Kier molecular flexibility index (Phi) is 6.30. The minimum atomic E-state index is -0.203. The molecule has 8 heteroatoms. The number of unbranched alkanes of at least 4 members (excludes halogenated alkanes) is 2. The van der Waals surface area contributed by atoms with Gasteiger partial charge in [0.15, 0.2) is 0 Å². The molecule has 7 nitrogen and oxygen atoms in total. The van der Waals surface area contributed by atoms with E-state index in [0.717, 1.165) is 30.9 Å². The highest BCUT2D eigenvalue weighted by atomic mass is 32.1. The van der Waals surface area contributed by atoms with E-state index in [1.165, 1.54) is 24.2 Å². The fraction of sp³-hybridized carbons (Fsp3) is 0.529. The van der Waals surface area contributed by atoms with E-state index in [0.29, 0.717) is 29.7 Å². The van der Waals surface area contributed by atoms with Crippen molar-refractivity contribution in [1.29, 1.82) is 0 Å². The van der Waals surface area contributed by atoms with Gasteiger partial charge in [-0.1, -0.05) is 31.1 Å². The number of amides is 1. The quantitative estimate of drug-likeness (QED) is 0.764. The second-order valence-corrected chi connectivity index (χ2v) is 6.95. The summed E-state index contributed by atoms with van der Waals surface area (Å²) < 4.78 is 5.37. The fourth-order valence-corrected chi connectivity index (χ4v) is 3.47. The molecule has 0 atom stereocenters. The Hall–Kier alpha value is -2.06. The van der Waals surface area contributed by atoms with Crippen LogP contribution in [0.15, 0.2) is 18.3 Å². The molecule has 25 heavy (non-hydrogen) atoms. The molecule has 3 heterocycles. The molecule has 0 aromatic carbocycles. The number of nitrogens with one attached hydrogen (secondary N) is 1. The smallest absolute Gasteiger partial charge is 0.261 e. The number of ether oxygens (including phenoxy) is 1. The number of anilines is 2. The van der Waals surface area contributed by atoms with Crippen molar-refractivity contribution in [1.82, 2.24) is 15.2 Å². The van der Waals surface area contributed by atoms with Crippen LogP contribution in [0.1, 0.15) is 41.6 Å². The van der Waals surface area contributed by atoms with E-state index in [2.05, 4.69) is 32.3 Å². The van der Waals surface area contributed by atoms with Crippen LogP contribution in [-0.2, 0) is 11.2 Å². The molecule has 3 rings (SSSR count). The standard InChI is InChI=1S/C17H23N5O2S/c1-2-3-4-7-14-20-21-17(25-14)19-16(23)13-6-5-8-18-15(13)22-9-11-24-12-10-22/h5-6,8H,2-4,7,9-12H2,1H3,(H,19,21,23). The zero-order valence-corrected chi connectivity index (χ0v) is 15.2. The minimum absolute atomic E-state index is 0.203. The average Bonchev–Trinajstić information content (AvgIpc) is 3.10. The summed E-state index contributed by atoms with van der Waals surface area (Å²) in [5.74, 6) is 0.488. The third-order valence-electron chi connectivity index (χ3n) is 4.02. The molecule has 0 unspecified atom stereocenters. The van der Waals surface area contributed by atoms with E-state index in [4.69, 9.17) is 4.74 Å². The average molecular weight is 361 g/mol. The summed E-state index contributed by atoms with van der Waals surface area (Å²) >= 11 is 1.44. The summed E-state index contributed by atoms with van der Waals surface area (Å²) in [6, 6.07) is 3.56. The normalized spacial score (nSPS) is 14.5. The monoisotopic (exact) mass is 361 g/mol. The fourth-order valence-electron chi connectivity index (χ4n) is 2.70. The van der Waals surface area contributed by atoms with E-state index >= 15 is 0 Å². The number of rotatable bonds is 7. The number of nitrogens with zero attached hydrogens (tertiary/aromatic N) is 4. The summed E-state index contributed by atoms with van der Waals surface area (Å²) in [5, 5.41) is 12.6. The lowest BCUT2D eigenvalue weighted by molar-refractivity contribution is 0.102. The second-order valence-electron chi connectivity index (χ2n) is 5.89. The molecule has 0 bridgehead atoms. The minimum Gasteiger partial charge on any atom is -0.378 e. The molecule has 1 aliphatic heterocycles. The van der Waals surface area contributed by atoms with Crippen LogP contribution < -0.4 is 10.2 Å². The SMILES string of the molecule is CCCCCc1nnc(NC(=O)c2cccnc2N2CCOCC2)s1. The highest BCUT2D eigenvalue weighted by molar-refractivity contribution is 7.15. The van der Waals surface area contributed by atoms with E-state index in [-0.39, 0.29) is 5.91 Å². The lowest BCUT2D eigenvalue weighted by Gasteiger charge is -2.28. The lowest BCUT2D eigenvalue weighted by atomic mass is 10.2. The van der Waals surface area contributed by atoms with Gasteiger partial charge in [0.1, 0.15) is 10.8 Å². The van der Waals surface area contributed by atoms with Crippen LogP contribution in [0, 0.1) is 0 Å². The Morgan fingerprint density at radius 2 is 2.16 bits per heavy atom. The first-order chi connectivity index (χ1) is 12.3. The van der Waals surface area contributed by atoms with Crippen LogP contribution in [0.3, 0.4) is 0 Å². The Balaban J connectivity index is 1.67. The first-order valence-electron chi connectivity index (χ1n) is 8.69. The predicted molar refractivity (Wildman–Crippen MR) is 98.4 cm³/mol. The van der Waals surface area contributed by atoms with Crippen LogP contribution in [0.4, 0.5) is 10.9 Å². The highest BCUT2D eigenvalue weighted by Gasteiger charge is 2.20. The van der Waals surface area contributed by atoms with E-state index in [9.17, 15) is 4.79 Å². The summed E-state index contributed by atoms with van der Waals surface area (Å²) in [6.45, 7) is 4.94. The molecule has 0 radical (unpaired) electrons. The van der Waals surface area contributed by atoms with Gasteiger partial charge in [0.2, 0.25) is 5.13 Å². The second kappa shape index (κ2) is 8.87. The molecule has 0 saturated carbocycles. The predicted octanol–water partition coefficient (Wildman–Crippen LogP) is 2.75. The number of morpholine rings is 1. The van der Waals surface area contributed by atoms with Crippen molar-refractivity contribution < 1.29 is 9.53 Å². The maximum absolute atomic E-state index is 12.7. The molecule has 1 amide bonds. The molecule has 2 aromatic rings. The third kappa shape index (κ3) is 4.73. The zero-order valence-electron chi connectivity index (χ0n) is 14.4. The molecular formula is C17H23N5O2S. The van der Waals surface area contributed by atoms with Crippen molar-refractivity contribution in [3.8, 4) is 0 Å². The maximum atomic E-state index is 12.7. The van der Waals surface area contributed by atoms with Gasteiger partial charge in [-0.2, -0.15) is 0 Å². The molecule has 1 N–H and O–H groups in total. The van der Waals surface area contributed by atoms with Gasteiger partial charge in [0.05, 0.1) is 18.8 Å². The number of carbonyl (C=O) groups is 1. The van der Waals surface area contributed by atoms with Crippen molar-refractivity contribution >= 4 is 28.2 Å². The largest absolute Gasteiger partial charge is 0.378 e. The van der Waals surface area contributed by atoms with Gasteiger partial charge in [-0.05, 0) is 18.6 Å². The van der Waals surface area contributed by atoms with E-state index < -0.39 is 0 Å². The first-order valence-corrected chi connectivity index (χ1v) is 9.51. The molecule has 2 aromatic heterocycles. The summed E-state index contributed by atoms with van der Waals surface area (Å²) in [5.41, 5.74) is 0.548. The van der Waals surface area contributed by atoms with Crippen LogP contribution in [0.5, 0.6) is 0 Å². The molecular weight excluding hydrogens is 338 g/mol. The Morgan fingerprint density at radius 1 is 1.32 bits per heavy atom. The first kappa shape index (κ1) is 17.8. The Morgan fingerprint density at radius 3 is 2.96 bits per heavy atom. The van der Waals surface area contributed by atoms with Gasteiger partial charge in [-0.3, -0.25) is 10.1 Å². The maximum Gasteiger partial charge on any atom is 0.261 e. The third-order valence-corrected chi connectivity index (χ3v) is 4.92. The van der Waals surface area contributed by atoms with Crippen molar-refractivity contribution in [2.24, 2.45) is 0 Å². The van der Waals surface area contributed by atoms with Crippen LogP contribution in [0.2, 0.25) is 0 Å². The van der Waals surface area contributed by atoms with Gasteiger partial charge in [0, 0.05) is 25.7 Å². The summed E-state index contributed by atoms with van der Waals surface area (Å²) in [4.78, 5) is 19.2. The summed E-state index contributed by atoms with van der Waals surface area (Å²) in [7, 11) is 0. The van der Waals surface area contributed by atoms with Gasteiger partial charge in [0.25, 0.3) is 5.91 Å². The number of aromatic nitrogens is 3. The number of pyridine rings is 1. The molecule has 0 aliphatic carbocycles. The van der Waals surface area contributed by atoms with Crippen molar-refractivity contribution in [3.63, 3.8) is 0 Å². The number of hydrogen-bond acceptors (Lipinski definition) is 7. The molecule has 1 fully saturated rings. The Bertz CT molecular complexity index is 700. The van der Waals surface area contributed by atoms with E-state index in [1.54, 1.807) is 18.3 Å². The van der Waals surface area contributed by atoms with Crippen LogP contribution in [-0.4, -0.2) is 47.4 Å². The number of aryl methyl sites for hydroxylation is 1. The number of carbonyl (C=O) groups excluding carboxylic acids is 1. The topological polar surface area (TPSA) is 80.2 Å². The number of hydrogen-bond donors (Lipinski definition) is 1. The van der Waals surface area contributed by atoms with Gasteiger partial charge >= 0.3 is 0 Å². The molecule has 1 aliphatic rings. The van der Waals surface area contributed by atoms with Crippen molar-refractivity contribution in [3.05, 3.63) is 28.9 Å². The summed E-state index contributed by atoms with van der Waals surface area (Å²) in [6.07, 6.45) is 6.07. The van der Waals surface area contributed by atoms with Gasteiger partial charge < -0.3 is 9.64 Å². The lowest BCUT2D eigenvalue weighted by Crippen LogP contribution is -2.38. The molecule has 0 spiro atoms. The molecule has 1 saturated heterocycles.